The van der Waals surface area contributed by atoms with E-state index in [0.29, 0.717) is 11.0 Å². The molecule has 0 N–H and O–H groups in total. The molecular weight excluding hydrogens is 564 g/mol. The number of para-hydroxylation sites is 1. The number of rotatable bonds is 4. The maximum atomic E-state index is 13.5. The van der Waals surface area contributed by atoms with E-state index in [1.807, 2.05) is 60.7 Å². The highest BCUT2D eigenvalue weighted by molar-refractivity contribution is 6.13. The van der Waals surface area contributed by atoms with Gasteiger partial charge in [-0.15, -0.1) is 0 Å². The van der Waals surface area contributed by atoms with Gasteiger partial charge in [-0.25, -0.2) is 4.79 Å². The molecule has 0 radical (unpaired) electrons. The molecule has 0 saturated heterocycles. The van der Waals surface area contributed by atoms with Crippen molar-refractivity contribution < 1.29 is 8.83 Å². The van der Waals surface area contributed by atoms with Crippen molar-refractivity contribution in [1.82, 2.24) is 0 Å². The zero-order valence-electron chi connectivity index (χ0n) is 24.7. The van der Waals surface area contributed by atoms with Gasteiger partial charge in [0, 0.05) is 16.2 Å². The van der Waals surface area contributed by atoms with Gasteiger partial charge in [0.1, 0.15) is 16.7 Å². The van der Waals surface area contributed by atoms with Crippen LogP contribution < -0.4 is 5.63 Å². The summed E-state index contributed by atoms with van der Waals surface area (Å²) in [6, 6.07) is 53.8. The Labute approximate surface area is 264 Å². The maximum Gasteiger partial charge on any atom is 0.344 e. The quantitative estimate of drug-likeness (QED) is 0.151. The summed E-state index contributed by atoms with van der Waals surface area (Å²) < 4.78 is 12.1. The maximum absolute atomic E-state index is 13.5. The van der Waals surface area contributed by atoms with Gasteiger partial charge in [0.05, 0.1) is 5.39 Å². The Morgan fingerprint density at radius 3 is 1.67 bits per heavy atom. The van der Waals surface area contributed by atoms with Gasteiger partial charge in [-0.05, 0) is 98.4 Å². The normalized spacial score (nSPS) is 11.6. The molecule has 0 saturated carbocycles. The van der Waals surface area contributed by atoms with E-state index in [4.69, 9.17) is 8.83 Å². The van der Waals surface area contributed by atoms with Crippen molar-refractivity contribution >= 4 is 43.7 Å². The molecule has 0 fully saturated rings. The summed E-state index contributed by atoms with van der Waals surface area (Å²) in [7, 11) is 0. The van der Waals surface area contributed by atoms with Crippen molar-refractivity contribution in [2.24, 2.45) is 0 Å². The Balaban J connectivity index is 1.19. The van der Waals surface area contributed by atoms with E-state index in [9.17, 15) is 4.79 Å². The van der Waals surface area contributed by atoms with Crippen LogP contribution in [0.4, 0.5) is 0 Å². The number of fused-ring (bicyclic) bond motifs is 6. The lowest BCUT2D eigenvalue weighted by Crippen LogP contribution is -2.00. The summed E-state index contributed by atoms with van der Waals surface area (Å²) in [5.74, 6) is 0. The average Bonchev–Trinajstić information content (AvgIpc) is 3.51. The van der Waals surface area contributed by atoms with E-state index < -0.39 is 0 Å². The van der Waals surface area contributed by atoms with Crippen molar-refractivity contribution in [3.63, 3.8) is 0 Å². The lowest BCUT2D eigenvalue weighted by atomic mass is 9.92. The Morgan fingerprint density at radius 1 is 0.326 bits per heavy atom. The van der Waals surface area contributed by atoms with Crippen molar-refractivity contribution in [1.29, 1.82) is 0 Å². The predicted octanol–water partition coefficient (Wildman–Crippen LogP) is 11.5. The fourth-order valence-electron chi connectivity index (χ4n) is 6.68. The molecule has 46 heavy (non-hydrogen) atoms. The van der Waals surface area contributed by atoms with E-state index in [-0.39, 0.29) is 5.63 Å². The van der Waals surface area contributed by atoms with Gasteiger partial charge >= 0.3 is 5.63 Å². The largest absolute Gasteiger partial charge is 0.456 e. The smallest absolute Gasteiger partial charge is 0.344 e. The first kappa shape index (κ1) is 26.2. The van der Waals surface area contributed by atoms with Crippen molar-refractivity contribution in [3.8, 4) is 44.5 Å². The van der Waals surface area contributed by atoms with Gasteiger partial charge in [0.2, 0.25) is 0 Å². The van der Waals surface area contributed by atoms with E-state index in [0.717, 1.165) is 77.2 Å². The minimum atomic E-state index is -0.353. The molecule has 3 heteroatoms. The van der Waals surface area contributed by atoms with Crippen molar-refractivity contribution in [2.75, 3.05) is 0 Å². The first-order valence-electron chi connectivity index (χ1n) is 15.4. The van der Waals surface area contributed by atoms with Crippen LogP contribution >= 0.6 is 0 Å². The summed E-state index contributed by atoms with van der Waals surface area (Å²) in [5, 5.41) is 4.42. The van der Waals surface area contributed by atoms with E-state index in [1.54, 1.807) is 0 Å². The molecule has 9 rings (SSSR count). The monoisotopic (exact) mass is 590 g/mol. The fraction of sp³-hybridized carbons (Fsp3) is 0. The average molecular weight is 591 g/mol. The third-order valence-corrected chi connectivity index (χ3v) is 8.91. The highest BCUT2D eigenvalue weighted by Crippen LogP contribution is 2.39. The van der Waals surface area contributed by atoms with Crippen LogP contribution in [-0.2, 0) is 0 Å². The molecule has 0 atom stereocenters. The topological polar surface area (TPSA) is 43.4 Å². The molecule has 0 aliphatic heterocycles. The third kappa shape index (κ3) is 4.33. The molecule has 0 spiro atoms. The minimum absolute atomic E-state index is 0.353. The second-order valence-corrected chi connectivity index (χ2v) is 11.7. The molecule has 0 amide bonds. The SMILES string of the molecule is O=c1oc2cc(-c3cc(-c4ccccc4)cc(-c4ccccc4)c3)ccc2c2ccc(-c3cccc4oc5ccccc5c34)cc12. The number of furan rings is 1. The molecule has 0 aliphatic carbocycles. The first-order chi connectivity index (χ1) is 22.7. The Bertz CT molecular complexity index is 2590. The molecule has 0 bridgehead atoms. The van der Waals surface area contributed by atoms with Crippen LogP contribution in [0.1, 0.15) is 0 Å². The zero-order valence-corrected chi connectivity index (χ0v) is 24.7. The standard InChI is InChI=1S/C43H26O3/c44-43-38-25-30(34-15-9-17-40-42(34)37-14-7-8-16-39(37)45-40)19-20-35(38)36-21-18-29(26-41(36)46-43)33-23-31(27-10-3-1-4-11-27)22-32(24-33)28-12-5-2-6-13-28/h1-26H. The van der Waals surface area contributed by atoms with Crippen LogP contribution in [0.15, 0.2) is 171 Å². The number of hydrogen-bond donors (Lipinski definition) is 0. The highest BCUT2D eigenvalue weighted by Gasteiger charge is 2.15. The van der Waals surface area contributed by atoms with Gasteiger partial charge in [-0.1, -0.05) is 109 Å². The second-order valence-electron chi connectivity index (χ2n) is 11.7. The Hall–Kier alpha value is -6.19. The van der Waals surface area contributed by atoms with Crippen molar-refractivity contribution in [2.45, 2.75) is 0 Å². The lowest BCUT2D eigenvalue weighted by molar-refractivity contribution is 0.570. The van der Waals surface area contributed by atoms with E-state index >= 15 is 0 Å². The first-order valence-corrected chi connectivity index (χ1v) is 15.4. The van der Waals surface area contributed by atoms with Crippen molar-refractivity contribution in [3.05, 3.63) is 168 Å². The van der Waals surface area contributed by atoms with Crippen LogP contribution in [-0.4, -0.2) is 0 Å². The minimum Gasteiger partial charge on any atom is -0.456 e. The summed E-state index contributed by atoms with van der Waals surface area (Å²) in [5.41, 5.74) is 10.4. The lowest BCUT2D eigenvalue weighted by Gasteiger charge is -2.12. The molecule has 2 heterocycles. The summed E-state index contributed by atoms with van der Waals surface area (Å²) in [6.07, 6.45) is 0. The molecular formula is C43H26O3. The molecule has 9 aromatic rings. The van der Waals surface area contributed by atoms with E-state index in [2.05, 4.69) is 97.1 Å². The van der Waals surface area contributed by atoms with Gasteiger partial charge in [-0.2, -0.15) is 0 Å². The molecule has 7 aromatic carbocycles. The summed E-state index contributed by atoms with van der Waals surface area (Å²) in [6.45, 7) is 0. The van der Waals surface area contributed by atoms with Gasteiger partial charge in [0.25, 0.3) is 0 Å². The molecule has 3 nitrogen and oxygen atoms in total. The van der Waals surface area contributed by atoms with Gasteiger partial charge in [0.15, 0.2) is 0 Å². The Kier molecular flexibility index (Phi) is 5.97. The predicted molar refractivity (Wildman–Crippen MR) is 189 cm³/mol. The molecule has 0 aliphatic rings. The zero-order chi connectivity index (χ0) is 30.6. The molecule has 2 aromatic heterocycles. The van der Waals surface area contributed by atoms with Crippen LogP contribution in [0.25, 0.3) is 88.2 Å². The number of benzene rings is 7. The van der Waals surface area contributed by atoms with Crippen LogP contribution in [0.5, 0.6) is 0 Å². The van der Waals surface area contributed by atoms with Crippen LogP contribution in [0.2, 0.25) is 0 Å². The molecule has 0 unspecified atom stereocenters. The third-order valence-electron chi connectivity index (χ3n) is 8.91. The van der Waals surface area contributed by atoms with Gasteiger partial charge in [-0.3, -0.25) is 0 Å². The van der Waals surface area contributed by atoms with Crippen LogP contribution in [0.3, 0.4) is 0 Å². The van der Waals surface area contributed by atoms with Gasteiger partial charge < -0.3 is 8.83 Å². The second kappa shape index (κ2) is 10.5. The summed E-state index contributed by atoms with van der Waals surface area (Å²) >= 11 is 0. The summed E-state index contributed by atoms with van der Waals surface area (Å²) in [4.78, 5) is 13.5. The fourth-order valence-corrected chi connectivity index (χ4v) is 6.68. The molecule has 216 valence electrons. The highest BCUT2D eigenvalue weighted by atomic mass is 16.4. The van der Waals surface area contributed by atoms with Crippen LogP contribution in [0, 0.1) is 0 Å². The number of hydrogen-bond acceptors (Lipinski definition) is 3. The van der Waals surface area contributed by atoms with E-state index in [1.165, 1.54) is 0 Å². The Morgan fingerprint density at radius 2 is 0.935 bits per heavy atom.